The summed E-state index contributed by atoms with van der Waals surface area (Å²) in [5.74, 6) is 0.747. The van der Waals surface area contributed by atoms with Gasteiger partial charge in [0.2, 0.25) is 0 Å². The van der Waals surface area contributed by atoms with Crippen LogP contribution in [0.5, 0.6) is 0 Å². The summed E-state index contributed by atoms with van der Waals surface area (Å²) in [7, 11) is 0. The molecule has 4 heteroatoms. The van der Waals surface area contributed by atoms with Gasteiger partial charge in [-0.15, -0.1) is 0 Å². The lowest BCUT2D eigenvalue weighted by Gasteiger charge is -2.04. The fourth-order valence-electron chi connectivity index (χ4n) is 2.75. The smallest absolute Gasteiger partial charge is 0.307 e. The van der Waals surface area contributed by atoms with Crippen molar-refractivity contribution in [1.82, 2.24) is 9.97 Å². The van der Waals surface area contributed by atoms with E-state index in [0.717, 1.165) is 12.2 Å². The number of nitrogens with zero attached hydrogens (tertiary/aromatic N) is 1. The van der Waals surface area contributed by atoms with Gasteiger partial charge in [0, 0.05) is 23.7 Å². The number of imidazole rings is 1. The van der Waals surface area contributed by atoms with Crippen LogP contribution >= 0.6 is 0 Å². The molecule has 1 aromatic heterocycles. The first-order chi connectivity index (χ1) is 7.75. The highest BCUT2D eigenvalue weighted by molar-refractivity contribution is 5.74. The number of nitrogens with one attached hydrogen (secondary N) is 1. The average molecular weight is 220 g/mol. The zero-order valence-corrected chi connectivity index (χ0v) is 9.15. The summed E-state index contributed by atoms with van der Waals surface area (Å²) >= 11 is 0. The summed E-state index contributed by atoms with van der Waals surface area (Å²) in [5.41, 5.74) is 1.21. The molecule has 0 amide bonds. The van der Waals surface area contributed by atoms with E-state index in [2.05, 4.69) is 9.97 Å². The third kappa shape index (κ3) is 1.62. The molecule has 2 saturated carbocycles. The van der Waals surface area contributed by atoms with Crippen LogP contribution in [0.1, 0.15) is 55.5 Å². The second-order valence-corrected chi connectivity index (χ2v) is 4.99. The molecule has 2 aliphatic rings. The zero-order chi connectivity index (χ0) is 11.1. The Morgan fingerprint density at radius 3 is 2.81 bits per heavy atom. The minimum absolute atomic E-state index is 0.132. The molecule has 16 heavy (non-hydrogen) atoms. The van der Waals surface area contributed by atoms with Gasteiger partial charge in [-0.05, 0) is 19.3 Å². The highest BCUT2D eigenvalue weighted by atomic mass is 16.4. The van der Waals surface area contributed by atoms with E-state index in [4.69, 9.17) is 5.11 Å². The van der Waals surface area contributed by atoms with Crippen LogP contribution in [0.2, 0.25) is 0 Å². The van der Waals surface area contributed by atoms with Crippen LogP contribution in [-0.4, -0.2) is 21.0 Å². The van der Waals surface area contributed by atoms with Crippen LogP contribution in [0, 0.1) is 5.92 Å². The molecule has 1 heterocycles. The zero-order valence-electron chi connectivity index (χ0n) is 9.15. The molecule has 0 aliphatic heterocycles. The van der Waals surface area contributed by atoms with Crippen molar-refractivity contribution < 1.29 is 9.90 Å². The van der Waals surface area contributed by atoms with Crippen LogP contribution in [0.15, 0.2) is 6.20 Å². The predicted molar refractivity (Wildman–Crippen MR) is 58.3 cm³/mol. The van der Waals surface area contributed by atoms with Crippen LogP contribution < -0.4 is 0 Å². The predicted octanol–water partition coefficient (Wildman–Crippen LogP) is 2.26. The number of H-pyrrole nitrogens is 1. The summed E-state index contributed by atoms with van der Waals surface area (Å²) in [6, 6.07) is 0. The quantitative estimate of drug-likeness (QED) is 0.821. The summed E-state index contributed by atoms with van der Waals surface area (Å²) < 4.78 is 0. The molecule has 2 fully saturated rings. The first-order valence-electron chi connectivity index (χ1n) is 6.03. The van der Waals surface area contributed by atoms with E-state index in [-0.39, 0.29) is 11.8 Å². The molecular weight excluding hydrogens is 204 g/mol. The third-order valence-electron chi connectivity index (χ3n) is 3.87. The fraction of sp³-hybridized carbons (Fsp3) is 0.667. The lowest BCUT2D eigenvalue weighted by atomic mass is 10.1. The number of rotatable bonds is 3. The minimum Gasteiger partial charge on any atom is -0.481 e. The van der Waals surface area contributed by atoms with Crippen LogP contribution in [0.3, 0.4) is 0 Å². The molecule has 2 aliphatic carbocycles. The Hall–Kier alpha value is -1.32. The fourth-order valence-corrected chi connectivity index (χ4v) is 2.75. The van der Waals surface area contributed by atoms with E-state index in [9.17, 15) is 4.79 Å². The molecule has 0 spiro atoms. The molecule has 86 valence electrons. The molecule has 0 saturated heterocycles. The van der Waals surface area contributed by atoms with Crippen molar-refractivity contribution in [2.45, 2.75) is 43.9 Å². The molecule has 2 unspecified atom stereocenters. The van der Waals surface area contributed by atoms with E-state index in [1.807, 2.05) is 6.20 Å². The first-order valence-corrected chi connectivity index (χ1v) is 6.03. The van der Waals surface area contributed by atoms with Crippen molar-refractivity contribution in [1.29, 1.82) is 0 Å². The monoisotopic (exact) mass is 220 g/mol. The molecule has 2 N–H and O–H groups in total. The second-order valence-electron chi connectivity index (χ2n) is 4.99. The molecule has 2 atom stereocenters. The largest absolute Gasteiger partial charge is 0.481 e. The summed E-state index contributed by atoms with van der Waals surface area (Å²) in [5, 5.41) is 8.86. The third-order valence-corrected chi connectivity index (χ3v) is 3.87. The van der Waals surface area contributed by atoms with Crippen molar-refractivity contribution in [3.8, 4) is 0 Å². The maximum absolute atomic E-state index is 10.8. The SMILES string of the molecule is O=C(O)C1CC1c1ncc(C2CCCC2)[nH]1. The minimum atomic E-state index is -0.691. The second kappa shape index (κ2) is 3.61. The van der Waals surface area contributed by atoms with Crippen molar-refractivity contribution in [2.24, 2.45) is 5.92 Å². The molecule has 1 aromatic rings. The van der Waals surface area contributed by atoms with Gasteiger partial charge in [0.05, 0.1) is 5.92 Å². The van der Waals surface area contributed by atoms with Gasteiger partial charge in [0.25, 0.3) is 0 Å². The molecule has 4 nitrogen and oxygen atoms in total. The van der Waals surface area contributed by atoms with Gasteiger partial charge < -0.3 is 10.1 Å². The van der Waals surface area contributed by atoms with Crippen LogP contribution in [-0.2, 0) is 4.79 Å². The Labute approximate surface area is 94.1 Å². The maximum atomic E-state index is 10.8. The lowest BCUT2D eigenvalue weighted by Crippen LogP contribution is -2.00. The molecule has 0 radical (unpaired) electrons. The molecule has 3 rings (SSSR count). The van der Waals surface area contributed by atoms with E-state index in [1.165, 1.54) is 31.4 Å². The van der Waals surface area contributed by atoms with Gasteiger partial charge in [0.1, 0.15) is 5.82 Å². The van der Waals surface area contributed by atoms with E-state index in [0.29, 0.717) is 5.92 Å². The summed E-state index contributed by atoms with van der Waals surface area (Å²) in [4.78, 5) is 18.4. The van der Waals surface area contributed by atoms with Crippen molar-refractivity contribution in [3.05, 3.63) is 17.7 Å². The van der Waals surface area contributed by atoms with E-state index < -0.39 is 5.97 Å². The number of hydrogen-bond donors (Lipinski definition) is 2. The summed E-state index contributed by atoms with van der Waals surface area (Å²) in [6.07, 6.45) is 7.75. The number of carbonyl (C=O) groups is 1. The van der Waals surface area contributed by atoms with Gasteiger partial charge in [0.15, 0.2) is 0 Å². The van der Waals surface area contributed by atoms with E-state index in [1.54, 1.807) is 0 Å². The number of carboxylic acids is 1. The number of aromatic amines is 1. The van der Waals surface area contributed by atoms with Crippen LogP contribution in [0.25, 0.3) is 0 Å². The van der Waals surface area contributed by atoms with Crippen molar-refractivity contribution in [3.63, 3.8) is 0 Å². The van der Waals surface area contributed by atoms with Gasteiger partial charge in [-0.2, -0.15) is 0 Å². The van der Waals surface area contributed by atoms with Gasteiger partial charge in [-0.1, -0.05) is 12.8 Å². The molecule has 0 aromatic carbocycles. The number of carboxylic acid groups (broad SMARTS) is 1. The number of aliphatic carboxylic acids is 1. The number of hydrogen-bond acceptors (Lipinski definition) is 2. The Morgan fingerprint density at radius 1 is 1.44 bits per heavy atom. The Kier molecular flexibility index (Phi) is 2.23. The highest BCUT2D eigenvalue weighted by Gasteiger charge is 2.46. The standard InChI is InChI=1S/C12H16N2O2/c15-12(16)9-5-8(9)11-13-6-10(14-11)7-3-1-2-4-7/h6-9H,1-5H2,(H,13,14)(H,15,16). The summed E-state index contributed by atoms with van der Waals surface area (Å²) in [6.45, 7) is 0. The molecular formula is C12H16N2O2. The van der Waals surface area contributed by atoms with Crippen molar-refractivity contribution in [2.75, 3.05) is 0 Å². The average Bonchev–Trinajstić information content (AvgIpc) is 2.72. The first kappa shape index (κ1) is 9.87. The van der Waals surface area contributed by atoms with Gasteiger partial charge in [-0.25, -0.2) is 4.98 Å². The number of aromatic nitrogens is 2. The van der Waals surface area contributed by atoms with Crippen LogP contribution in [0.4, 0.5) is 0 Å². The maximum Gasteiger partial charge on any atom is 0.307 e. The Morgan fingerprint density at radius 2 is 2.19 bits per heavy atom. The lowest BCUT2D eigenvalue weighted by molar-refractivity contribution is -0.138. The normalized spacial score (nSPS) is 29.5. The van der Waals surface area contributed by atoms with Crippen molar-refractivity contribution >= 4 is 5.97 Å². The Balaban J connectivity index is 1.71. The van der Waals surface area contributed by atoms with E-state index >= 15 is 0 Å². The van der Waals surface area contributed by atoms with Gasteiger partial charge in [-0.3, -0.25) is 4.79 Å². The topological polar surface area (TPSA) is 66.0 Å². The van der Waals surface area contributed by atoms with Gasteiger partial charge >= 0.3 is 5.97 Å². The highest BCUT2D eigenvalue weighted by Crippen LogP contribution is 2.46. The Bertz CT molecular complexity index is 407. The molecule has 0 bridgehead atoms.